The Morgan fingerprint density at radius 2 is 2.29 bits per heavy atom. The molecule has 2 heterocycles. The van der Waals surface area contributed by atoms with E-state index in [4.69, 9.17) is 0 Å². The third-order valence-corrected chi connectivity index (χ3v) is 4.62. The van der Waals surface area contributed by atoms with Gasteiger partial charge in [-0.25, -0.2) is 0 Å². The molecule has 2 N–H and O–H groups in total. The Bertz CT molecular complexity index is 545. The van der Waals surface area contributed by atoms with E-state index in [1.807, 2.05) is 7.05 Å². The van der Waals surface area contributed by atoms with Crippen LogP contribution in [0.5, 0.6) is 0 Å². The topological polar surface area (TPSA) is 47.6 Å². The fourth-order valence-electron chi connectivity index (χ4n) is 3.44. The summed E-state index contributed by atoms with van der Waals surface area (Å²) < 4.78 is 0. The number of amides is 1. The number of nitrogens with one attached hydrogen (secondary N) is 2. The van der Waals surface area contributed by atoms with Crippen LogP contribution >= 0.6 is 0 Å². The van der Waals surface area contributed by atoms with E-state index in [2.05, 4.69) is 52.7 Å². The van der Waals surface area contributed by atoms with E-state index in [-0.39, 0.29) is 11.9 Å². The lowest BCUT2D eigenvalue weighted by molar-refractivity contribution is -0.117. The van der Waals surface area contributed by atoms with Gasteiger partial charge in [-0.15, -0.1) is 0 Å². The molecule has 1 amide bonds. The summed E-state index contributed by atoms with van der Waals surface area (Å²) in [5.41, 5.74) is 3.15. The maximum Gasteiger partial charge on any atom is 0.246 e. The monoisotopic (exact) mass is 288 g/mol. The fraction of sp³-hybridized carbons (Fsp3) is 0.562. The standard InChI is InChI=1S/C16H24N4O/c1-17-15-13-5-4-12(8-14(13)18-16(15)21)20(3)10-11-6-7-19(2)9-11/h4-5,8,11,15,17H,6-7,9-10H2,1-3H3,(H,18,21). The number of hydrogen-bond donors (Lipinski definition) is 2. The molecule has 0 aliphatic carbocycles. The Morgan fingerprint density at radius 1 is 1.48 bits per heavy atom. The molecule has 21 heavy (non-hydrogen) atoms. The molecule has 1 saturated heterocycles. The lowest BCUT2D eigenvalue weighted by Gasteiger charge is -2.23. The first-order chi connectivity index (χ1) is 10.1. The molecule has 2 aliphatic heterocycles. The van der Waals surface area contributed by atoms with Gasteiger partial charge in [-0.3, -0.25) is 4.79 Å². The van der Waals surface area contributed by atoms with Crippen molar-refractivity contribution in [1.29, 1.82) is 0 Å². The molecule has 2 atom stereocenters. The second kappa shape index (κ2) is 5.66. The van der Waals surface area contributed by atoms with Crippen LogP contribution in [0.4, 0.5) is 11.4 Å². The average molecular weight is 288 g/mol. The number of nitrogens with zero attached hydrogens (tertiary/aromatic N) is 2. The van der Waals surface area contributed by atoms with Crippen LogP contribution in [0.3, 0.4) is 0 Å². The summed E-state index contributed by atoms with van der Waals surface area (Å²) >= 11 is 0. The van der Waals surface area contributed by atoms with E-state index in [0.717, 1.165) is 23.7 Å². The number of rotatable bonds is 4. The number of carbonyl (C=O) groups is 1. The van der Waals surface area contributed by atoms with Gasteiger partial charge in [-0.1, -0.05) is 6.07 Å². The van der Waals surface area contributed by atoms with Gasteiger partial charge in [-0.05, 0) is 45.1 Å². The first kappa shape index (κ1) is 14.4. The molecule has 0 saturated carbocycles. The Labute approximate surface area is 126 Å². The maximum atomic E-state index is 11.9. The smallest absolute Gasteiger partial charge is 0.246 e. The third-order valence-electron chi connectivity index (χ3n) is 4.62. The minimum atomic E-state index is -0.220. The minimum absolute atomic E-state index is 0.0321. The van der Waals surface area contributed by atoms with Crippen LogP contribution in [-0.4, -0.2) is 51.6 Å². The van der Waals surface area contributed by atoms with Gasteiger partial charge in [0.05, 0.1) is 0 Å². The zero-order valence-corrected chi connectivity index (χ0v) is 13.0. The van der Waals surface area contributed by atoms with E-state index in [9.17, 15) is 4.79 Å². The molecule has 0 spiro atoms. The van der Waals surface area contributed by atoms with Gasteiger partial charge >= 0.3 is 0 Å². The van der Waals surface area contributed by atoms with Crippen molar-refractivity contribution in [3.8, 4) is 0 Å². The van der Waals surface area contributed by atoms with Gasteiger partial charge in [0, 0.05) is 37.1 Å². The number of fused-ring (bicyclic) bond motifs is 1. The van der Waals surface area contributed by atoms with Crippen molar-refractivity contribution >= 4 is 17.3 Å². The fourth-order valence-corrected chi connectivity index (χ4v) is 3.44. The molecule has 5 nitrogen and oxygen atoms in total. The molecule has 0 aromatic heterocycles. The first-order valence-corrected chi connectivity index (χ1v) is 7.60. The Balaban J connectivity index is 1.72. The van der Waals surface area contributed by atoms with Crippen molar-refractivity contribution < 1.29 is 4.79 Å². The number of carbonyl (C=O) groups excluding carboxylic acids is 1. The van der Waals surface area contributed by atoms with E-state index in [0.29, 0.717) is 0 Å². The number of benzene rings is 1. The van der Waals surface area contributed by atoms with Crippen LogP contribution in [0.25, 0.3) is 0 Å². The normalized spacial score (nSPS) is 25.0. The van der Waals surface area contributed by atoms with Gasteiger partial charge in [0.15, 0.2) is 0 Å². The molecule has 3 rings (SSSR count). The number of anilines is 2. The number of likely N-dealkylation sites (tertiary alicyclic amines) is 1. The van der Waals surface area contributed by atoms with Crippen LogP contribution in [0, 0.1) is 5.92 Å². The van der Waals surface area contributed by atoms with Gasteiger partial charge in [-0.2, -0.15) is 0 Å². The molecule has 0 radical (unpaired) electrons. The second-order valence-electron chi connectivity index (χ2n) is 6.28. The quantitative estimate of drug-likeness (QED) is 0.876. The summed E-state index contributed by atoms with van der Waals surface area (Å²) in [4.78, 5) is 16.5. The summed E-state index contributed by atoms with van der Waals surface area (Å²) in [5, 5.41) is 6.01. The van der Waals surface area contributed by atoms with E-state index < -0.39 is 0 Å². The summed E-state index contributed by atoms with van der Waals surface area (Å²) in [6.07, 6.45) is 1.27. The van der Waals surface area contributed by atoms with E-state index in [1.54, 1.807) is 0 Å². The Hall–Kier alpha value is -1.59. The Morgan fingerprint density at radius 3 is 2.95 bits per heavy atom. The highest BCUT2D eigenvalue weighted by Crippen LogP contribution is 2.34. The molecule has 0 bridgehead atoms. The van der Waals surface area contributed by atoms with Crippen molar-refractivity contribution in [2.24, 2.45) is 5.92 Å². The molecule has 2 unspecified atom stereocenters. The molecular weight excluding hydrogens is 264 g/mol. The van der Waals surface area contributed by atoms with Crippen LogP contribution < -0.4 is 15.5 Å². The SMILES string of the molecule is CNC1C(=O)Nc2cc(N(C)CC3CCN(C)C3)ccc21. The largest absolute Gasteiger partial charge is 0.374 e. The van der Waals surface area contributed by atoms with Crippen LogP contribution in [0.2, 0.25) is 0 Å². The summed E-state index contributed by atoms with van der Waals surface area (Å²) in [6, 6.07) is 6.04. The molecule has 1 aromatic rings. The zero-order valence-electron chi connectivity index (χ0n) is 13.0. The molecule has 114 valence electrons. The molecule has 2 aliphatic rings. The van der Waals surface area contributed by atoms with Crippen LogP contribution in [0.15, 0.2) is 18.2 Å². The number of hydrogen-bond acceptors (Lipinski definition) is 4. The predicted octanol–water partition coefficient (Wildman–Crippen LogP) is 1.29. The van der Waals surface area contributed by atoms with Crippen molar-refractivity contribution in [3.05, 3.63) is 23.8 Å². The molecule has 1 aromatic carbocycles. The van der Waals surface area contributed by atoms with Crippen LogP contribution in [0.1, 0.15) is 18.0 Å². The maximum absolute atomic E-state index is 11.9. The molecule has 5 heteroatoms. The van der Waals surface area contributed by atoms with Crippen LogP contribution in [-0.2, 0) is 4.79 Å². The summed E-state index contributed by atoms with van der Waals surface area (Å²) in [5.74, 6) is 0.762. The average Bonchev–Trinajstić information content (AvgIpc) is 3.00. The lowest BCUT2D eigenvalue weighted by Crippen LogP contribution is -2.27. The number of likely N-dealkylation sites (N-methyl/N-ethyl adjacent to an activating group) is 1. The van der Waals surface area contributed by atoms with Crippen molar-refractivity contribution in [1.82, 2.24) is 10.2 Å². The van der Waals surface area contributed by atoms with Crippen molar-refractivity contribution in [3.63, 3.8) is 0 Å². The zero-order chi connectivity index (χ0) is 15.0. The van der Waals surface area contributed by atoms with Crippen molar-refractivity contribution in [2.75, 3.05) is 51.0 Å². The van der Waals surface area contributed by atoms with Gasteiger partial charge in [0.2, 0.25) is 5.91 Å². The predicted molar refractivity (Wildman–Crippen MR) is 85.7 cm³/mol. The van der Waals surface area contributed by atoms with Gasteiger partial charge < -0.3 is 20.4 Å². The molecular formula is C16H24N4O. The summed E-state index contributed by atoms with van der Waals surface area (Å²) in [7, 11) is 6.13. The van der Waals surface area contributed by atoms with Gasteiger partial charge in [0.1, 0.15) is 6.04 Å². The first-order valence-electron chi connectivity index (χ1n) is 7.60. The summed E-state index contributed by atoms with van der Waals surface area (Å²) in [6.45, 7) is 3.43. The Kier molecular flexibility index (Phi) is 3.87. The van der Waals surface area contributed by atoms with Crippen molar-refractivity contribution in [2.45, 2.75) is 12.5 Å². The minimum Gasteiger partial charge on any atom is -0.374 e. The lowest BCUT2D eigenvalue weighted by atomic mass is 10.1. The van der Waals surface area contributed by atoms with Gasteiger partial charge in [0.25, 0.3) is 0 Å². The third kappa shape index (κ3) is 2.76. The highest BCUT2D eigenvalue weighted by Gasteiger charge is 2.29. The molecule has 1 fully saturated rings. The second-order valence-corrected chi connectivity index (χ2v) is 6.28. The highest BCUT2D eigenvalue weighted by molar-refractivity contribution is 6.03. The van der Waals surface area contributed by atoms with E-state index in [1.165, 1.54) is 25.2 Å². The highest BCUT2D eigenvalue weighted by atomic mass is 16.2. The van der Waals surface area contributed by atoms with E-state index >= 15 is 0 Å².